The Balaban J connectivity index is 0.00000256. The minimum atomic E-state index is -0.472. The third-order valence-electron chi connectivity index (χ3n) is 5.10. The second kappa shape index (κ2) is 11.6. The molecule has 0 N–H and O–H groups in total. The third kappa shape index (κ3) is 5.28. The molecule has 0 nitrogen and oxygen atoms in total. The molecule has 0 fully saturated rings. The molecule has 0 radical (unpaired) electrons. The minimum Gasteiger partial charge on any atom is -0.0644 e. The van der Waals surface area contributed by atoms with E-state index in [1.54, 1.807) is 0 Å². The first-order valence-corrected chi connectivity index (χ1v) is 13.0. The van der Waals surface area contributed by atoms with Crippen LogP contribution in [0.4, 0.5) is 0 Å². The van der Waals surface area contributed by atoms with Crippen molar-refractivity contribution in [3.05, 3.63) is 121 Å². The topological polar surface area (TPSA) is 0 Å². The van der Waals surface area contributed by atoms with E-state index in [2.05, 4.69) is 128 Å². The summed E-state index contributed by atoms with van der Waals surface area (Å²) in [7, 11) is -0.944. The van der Waals surface area contributed by atoms with Crippen molar-refractivity contribution in [2.75, 3.05) is 0 Å². The van der Waals surface area contributed by atoms with Gasteiger partial charge in [-0.3, -0.25) is 0 Å². The van der Waals surface area contributed by atoms with Gasteiger partial charge in [0.25, 0.3) is 0 Å². The Morgan fingerprint density at radius 2 is 0.700 bits per heavy atom. The SMILES string of the molecule is CCC(P(c1ccccc1)c1ccccc1)P(c1ccccc1)c1ccccc1.[Ni]. The van der Waals surface area contributed by atoms with Crippen molar-refractivity contribution >= 4 is 37.1 Å². The monoisotopic (exact) mass is 470 g/mol. The van der Waals surface area contributed by atoms with Crippen molar-refractivity contribution in [1.82, 2.24) is 0 Å². The molecule has 0 saturated heterocycles. The van der Waals surface area contributed by atoms with Gasteiger partial charge < -0.3 is 0 Å². The number of hydrogen-bond donors (Lipinski definition) is 0. The van der Waals surface area contributed by atoms with Gasteiger partial charge in [-0.1, -0.05) is 128 Å². The van der Waals surface area contributed by atoms with Crippen LogP contribution < -0.4 is 21.2 Å². The van der Waals surface area contributed by atoms with E-state index in [0.29, 0.717) is 5.40 Å². The van der Waals surface area contributed by atoms with Gasteiger partial charge in [-0.2, -0.15) is 0 Å². The quantitative estimate of drug-likeness (QED) is 0.230. The standard InChI is InChI=1S/C27H26P2.Ni/c1-2-27(28(23-15-7-3-8-16-23)24-17-9-4-10-18-24)29(25-19-11-5-12-20-25)26-21-13-6-14-22-26;/h3-22,27H,2H2,1H3;. The van der Waals surface area contributed by atoms with Gasteiger partial charge in [0.1, 0.15) is 0 Å². The Hall–Kier alpha value is -1.77. The number of rotatable bonds is 7. The van der Waals surface area contributed by atoms with Crippen molar-refractivity contribution in [2.24, 2.45) is 0 Å². The van der Waals surface area contributed by atoms with Crippen molar-refractivity contribution < 1.29 is 16.5 Å². The van der Waals surface area contributed by atoms with Gasteiger partial charge >= 0.3 is 0 Å². The second-order valence-corrected chi connectivity index (χ2v) is 12.2. The molecule has 0 aromatic heterocycles. The van der Waals surface area contributed by atoms with E-state index in [4.69, 9.17) is 0 Å². The summed E-state index contributed by atoms with van der Waals surface area (Å²) in [6.45, 7) is 2.37. The predicted molar refractivity (Wildman–Crippen MR) is 132 cm³/mol. The van der Waals surface area contributed by atoms with Crippen LogP contribution in [0.25, 0.3) is 0 Å². The van der Waals surface area contributed by atoms with Gasteiger partial charge in [0.2, 0.25) is 0 Å². The van der Waals surface area contributed by atoms with E-state index in [0.717, 1.165) is 6.42 Å². The first-order chi connectivity index (χ1) is 14.4. The van der Waals surface area contributed by atoms with Crippen LogP contribution in [0.15, 0.2) is 121 Å². The van der Waals surface area contributed by atoms with Crippen LogP contribution in [-0.4, -0.2) is 5.40 Å². The van der Waals surface area contributed by atoms with Crippen LogP contribution >= 0.6 is 15.8 Å². The fourth-order valence-electron chi connectivity index (χ4n) is 3.82. The fourth-order valence-corrected chi connectivity index (χ4v) is 11.0. The first-order valence-electron chi connectivity index (χ1n) is 10.2. The fraction of sp³-hybridized carbons (Fsp3) is 0.111. The van der Waals surface area contributed by atoms with Crippen LogP contribution in [0.2, 0.25) is 0 Å². The van der Waals surface area contributed by atoms with Crippen LogP contribution in [0.1, 0.15) is 13.3 Å². The zero-order valence-corrected chi connectivity index (χ0v) is 19.8. The summed E-state index contributed by atoms with van der Waals surface area (Å²) in [5.41, 5.74) is 0. The molecule has 0 aliphatic carbocycles. The molecule has 4 aromatic rings. The van der Waals surface area contributed by atoms with Crippen molar-refractivity contribution in [3.8, 4) is 0 Å². The average Bonchev–Trinajstić information content (AvgIpc) is 2.81. The van der Waals surface area contributed by atoms with E-state index >= 15 is 0 Å². The Labute approximate surface area is 193 Å². The van der Waals surface area contributed by atoms with Crippen molar-refractivity contribution in [2.45, 2.75) is 18.7 Å². The molecule has 4 aromatic carbocycles. The predicted octanol–water partition coefficient (Wildman–Crippen LogP) is 5.99. The van der Waals surface area contributed by atoms with Gasteiger partial charge in [0.15, 0.2) is 0 Å². The summed E-state index contributed by atoms with van der Waals surface area (Å²) in [6, 6.07) is 44.6. The molecule has 0 spiro atoms. The van der Waals surface area contributed by atoms with E-state index in [1.807, 2.05) is 0 Å². The largest absolute Gasteiger partial charge is 0.0644 e. The smallest absolute Gasteiger partial charge is 0.0152 e. The molecule has 30 heavy (non-hydrogen) atoms. The molecule has 0 saturated carbocycles. The zero-order valence-electron chi connectivity index (χ0n) is 17.0. The van der Waals surface area contributed by atoms with Crippen molar-refractivity contribution in [1.29, 1.82) is 0 Å². The molecule has 154 valence electrons. The summed E-state index contributed by atoms with van der Waals surface area (Å²) >= 11 is 0. The molecule has 0 aliphatic heterocycles. The molecule has 0 unspecified atom stereocenters. The van der Waals surface area contributed by atoms with Crippen LogP contribution in [0, 0.1) is 0 Å². The van der Waals surface area contributed by atoms with Gasteiger partial charge in [0.05, 0.1) is 0 Å². The number of benzene rings is 4. The average molecular weight is 471 g/mol. The van der Waals surface area contributed by atoms with Gasteiger partial charge in [-0.15, -0.1) is 0 Å². The first kappa shape index (κ1) is 22.9. The van der Waals surface area contributed by atoms with Gasteiger partial charge in [-0.05, 0) is 43.5 Å². The third-order valence-corrected chi connectivity index (χ3v) is 11.8. The molecule has 0 aliphatic rings. The maximum atomic E-state index is 2.37. The van der Waals surface area contributed by atoms with Crippen LogP contribution in [-0.2, 0) is 16.5 Å². The molecule has 3 heteroatoms. The van der Waals surface area contributed by atoms with Crippen LogP contribution in [0.5, 0.6) is 0 Å². The Morgan fingerprint density at radius 3 is 0.900 bits per heavy atom. The summed E-state index contributed by atoms with van der Waals surface area (Å²) in [5.74, 6) is 0. The molecule has 0 heterocycles. The molecular formula is C27H26NiP2. The van der Waals surface area contributed by atoms with E-state index in [-0.39, 0.29) is 16.5 Å². The molecular weight excluding hydrogens is 445 g/mol. The van der Waals surface area contributed by atoms with Crippen LogP contribution in [0.3, 0.4) is 0 Å². The summed E-state index contributed by atoms with van der Waals surface area (Å²) in [5, 5.41) is 6.47. The maximum Gasteiger partial charge on any atom is 0.0152 e. The summed E-state index contributed by atoms with van der Waals surface area (Å²) < 4.78 is 0. The Kier molecular flexibility index (Phi) is 8.84. The second-order valence-electron chi connectivity index (χ2n) is 6.97. The minimum absolute atomic E-state index is 0. The molecule has 4 rings (SSSR count). The number of hydrogen-bond acceptors (Lipinski definition) is 0. The van der Waals surface area contributed by atoms with E-state index in [9.17, 15) is 0 Å². The zero-order chi connectivity index (χ0) is 19.9. The molecule has 0 atom stereocenters. The van der Waals surface area contributed by atoms with Gasteiger partial charge in [0, 0.05) is 21.9 Å². The van der Waals surface area contributed by atoms with Crippen molar-refractivity contribution in [3.63, 3.8) is 0 Å². The Bertz CT molecular complexity index is 830. The van der Waals surface area contributed by atoms with E-state index < -0.39 is 15.8 Å². The molecule has 0 amide bonds. The summed E-state index contributed by atoms with van der Waals surface area (Å²) in [4.78, 5) is 0. The van der Waals surface area contributed by atoms with E-state index in [1.165, 1.54) is 21.2 Å². The maximum absolute atomic E-state index is 2.37. The normalized spacial score (nSPS) is 10.9. The van der Waals surface area contributed by atoms with Gasteiger partial charge in [-0.25, -0.2) is 0 Å². The summed E-state index contributed by atoms with van der Waals surface area (Å²) in [6.07, 6.45) is 1.16. The molecule has 0 bridgehead atoms. The Morgan fingerprint density at radius 1 is 0.467 bits per heavy atom.